The summed E-state index contributed by atoms with van der Waals surface area (Å²) in [4.78, 5) is 20.3. The minimum atomic E-state index is -0.0698. The van der Waals surface area contributed by atoms with Gasteiger partial charge in [-0.05, 0) is 37.1 Å². The Labute approximate surface area is 158 Å². The maximum atomic E-state index is 12.6. The molecule has 3 heterocycles. The van der Waals surface area contributed by atoms with E-state index in [1.807, 2.05) is 44.3 Å². The molecule has 1 amide bonds. The summed E-state index contributed by atoms with van der Waals surface area (Å²) in [6, 6.07) is 7.88. The Balaban J connectivity index is 1.91. The molecule has 0 atom stereocenters. The van der Waals surface area contributed by atoms with Crippen molar-refractivity contribution >= 4 is 17.3 Å². The highest BCUT2D eigenvalue weighted by atomic mass is 16.5. The van der Waals surface area contributed by atoms with Crippen molar-refractivity contribution in [2.75, 3.05) is 19.0 Å². The summed E-state index contributed by atoms with van der Waals surface area (Å²) in [5.74, 6) is 0.695. The number of aromatic amines is 1. The van der Waals surface area contributed by atoms with Crippen LogP contribution >= 0.6 is 0 Å². The second-order valence-electron chi connectivity index (χ2n) is 6.71. The lowest BCUT2D eigenvalue weighted by molar-refractivity contribution is 0.0947. The molecule has 0 saturated heterocycles. The summed E-state index contributed by atoms with van der Waals surface area (Å²) in [6.07, 6.45) is 4.36. The number of amides is 1. The van der Waals surface area contributed by atoms with E-state index in [1.165, 1.54) is 0 Å². The predicted molar refractivity (Wildman–Crippen MR) is 106 cm³/mol. The Morgan fingerprint density at radius 3 is 2.81 bits per heavy atom. The molecular formula is C21H22N4O2. The van der Waals surface area contributed by atoms with Gasteiger partial charge in [0.2, 0.25) is 0 Å². The van der Waals surface area contributed by atoms with Gasteiger partial charge in [0, 0.05) is 36.6 Å². The van der Waals surface area contributed by atoms with E-state index >= 15 is 0 Å². The summed E-state index contributed by atoms with van der Waals surface area (Å²) in [5.41, 5.74) is 7.16. The van der Waals surface area contributed by atoms with Gasteiger partial charge < -0.3 is 20.4 Å². The van der Waals surface area contributed by atoms with Gasteiger partial charge in [-0.2, -0.15) is 0 Å². The first-order valence-corrected chi connectivity index (χ1v) is 8.94. The topological polar surface area (TPSA) is 79.0 Å². The predicted octanol–water partition coefficient (Wildman–Crippen LogP) is 3.73. The smallest absolute Gasteiger partial charge is 0.255 e. The molecule has 3 N–H and O–H groups in total. The zero-order valence-electron chi connectivity index (χ0n) is 15.6. The molecule has 138 valence electrons. The molecule has 0 radical (unpaired) electrons. The lowest BCUT2D eigenvalue weighted by atomic mass is 10.0. The number of aromatic nitrogens is 2. The number of carbonyl (C=O) groups excluding carboxylic acids is 1. The van der Waals surface area contributed by atoms with Crippen LogP contribution in [0.15, 0.2) is 36.7 Å². The van der Waals surface area contributed by atoms with Crippen LogP contribution in [0.5, 0.6) is 5.75 Å². The number of benzene rings is 1. The van der Waals surface area contributed by atoms with Crippen molar-refractivity contribution in [2.24, 2.45) is 0 Å². The zero-order valence-corrected chi connectivity index (χ0v) is 15.6. The number of H-pyrrole nitrogens is 1. The van der Waals surface area contributed by atoms with Crippen molar-refractivity contribution in [3.8, 4) is 17.0 Å². The van der Waals surface area contributed by atoms with Crippen LogP contribution in [-0.2, 0) is 6.42 Å². The van der Waals surface area contributed by atoms with Gasteiger partial charge in [0.15, 0.2) is 0 Å². The largest absolute Gasteiger partial charge is 0.494 e. The fraction of sp³-hybridized carbons (Fsp3) is 0.238. The van der Waals surface area contributed by atoms with Gasteiger partial charge in [-0.15, -0.1) is 0 Å². The van der Waals surface area contributed by atoms with Gasteiger partial charge in [-0.3, -0.25) is 9.78 Å². The minimum Gasteiger partial charge on any atom is -0.494 e. The van der Waals surface area contributed by atoms with Crippen molar-refractivity contribution in [1.82, 2.24) is 15.3 Å². The first-order valence-electron chi connectivity index (χ1n) is 8.94. The number of pyridine rings is 1. The van der Waals surface area contributed by atoms with Crippen LogP contribution in [0, 0.1) is 13.8 Å². The van der Waals surface area contributed by atoms with Crippen LogP contribution in [-0.4, -0.2) is 29.5 Å². The number of hydrogen-bond donors (Lipinski definition) is 3. The van der Waals surface area contributed by atoms with Gasteiger partial charge >= 0.3 is 0 Å². The minimum absolute atomic E-state index is 0.0698. The van der Waals surface area contributed by atoms with Crippen LogP contribution in [0.25, 0.3) is 11.3 Å². The SMILES string of the molecule is COc1c(C)cccc1Nc1c(-c2ccncc2C)[nH]c2c1C(=O)NCC2. The molecular weight excluding hydrogens is 340 g/mol. The number of para-hydroxylation sites is 1. The van der Waals surface area contributed by atoms with E-state index in [9.17, 15) is 4.79 Å². The number of methoxy groups -OCH3 is 1. The molecule has 0 aliphatic carbocycles. The number of ether oxygens (including phenoxy) is 1. The number of aryl methyl sites for hydroxylation is 2. The molecule has 27 heavy (non-hydrogen) atoms. The Morgan fingerprint density at radius 2 is 2.04 bits per heavy atom. The fourth-order valence-electron chi connectivity index (χ4n) is 3.62. The third-order valence-electron chi connectivity index (χ3n) is 4.93. The van der Waals surface area contributed by atoms with E-state index in [2.05, 4.69) is 20.6 Å². The van der Waals surface area contributed by atoms with Crippen molar-refractivity contribution < 1.29 is 9.53 Å². The van der Waals surface area contributed by atoms with Crippen molar-refractivity contribution in [3.05, 3.63) is 59.0 Å². The van der Waals surface area contributed by atoms with E-state index in [0.717, 1.165) is 51.6 Å². The standard InChI is InChI=1S/C21H22N4O2/c1-12-5-4-6-16(20(12)27-3)25-19-17-15(8-10-23-21(17)26)24-18(19)14-7-9-22-11-13(14)2/h4-7,9,11,24-25H,8,10H2,1-3H3,(H,23,26). The average molecular weight is 362 g/mol. The third-order valence-corrected chi connectivity index (χ3v) is 4.93. The van der Waals surface area contributed by atoms with Gasteiger partial charge in [0.05, 0.1) is 29.7 Å². The maximum absolute atomic E-state index is 12.6. The lowest BCUT2D eigenvalue weighted by Crippen LogP contribution is -2.31. The highest BCUT2D eigenvalue weighted by molar-refractivity contribution is 6.06. The van der Waals surface area contributed by atoms with Crippen LogP contribution in [0.3, 0.4) is 0 Å². The molecule has 0 saturated carbocycles. The summed E-state index contributed by atoms with van der Waals surface area (Å²) in [7, 11) is 1.65. The molecule has 0 bridgehead atoms. The Kier molecular flexibility index (Phi) is 4.32. The van der Waals surface area contributed by atoms with Gasteiger partial charge in [-0.25, -0.2) is 0 Å². The molecule has 2 aromatic heterocycles. The molecule has 0 fully saturated rings. The summed E-state index contributed by atoms with van der Waals surface area (Å²) < 4.78 is 5.58. The van der Waals surface area contributed by atoms with E-state index in [4.69, 9.17) is 4.74 Å². The number of carbonyl (C=O) groups is 1. The number of nitrogens with zero attached hydrogens (tertiary/aromatic N) is 1. The van der Waals surface area contributed by atoms with Gasteiger partial charge in [-0.1, -0.05) is 12.1 Å². The van der Waals surface area contributed by atoms with E-state index in [-0.39, 0.29) is 5.91 Å². The number of fused-ring (bicyclic) bond motifs is 1. The Hall–Kier alpha value is -3.28. The molecule has 6 heteroatoms. The van der Waals surface area contributed by atoms with Crippen molar-refractivity contribution in [3.63, 3.8) is 0 Å². The average Bonchev–Trinajstić information content (AvgIpc) is 3.02. The lowest BCUT2D eigenvalue weighted by Gasteiger charge is -2.17. The summed E-state index contributed by atoms with van der Waals surface area (Å²) in [6.45, 7) is 4.64. The third kappa shape index (κ3) is 2.93. The van der Waals surface area contributed by atoms with E-state index < -0.39 is 0 Å². The molecule has 1 aliphatic rings. The molecule has 1 aliphatic heterocycles. The second-order valence-corrected chi connectivity index (χ2v) is 6.71. The number of hydrogen-bond acceptors (Lipinski definition) is 4. The monoisotopic (exact) mass is 362 g/mol. The first kappa shape index (κ1) is 17.1. The molecule has 0 spiro atoms. The highest BCUT2D eigenvalue weighted by Gasteiger charge is 2.28. The fourth-order valence-corrected chi connectivity index (χ4v) is 3.62. The maximum Gasteiger partial charge on any atom is 0.255 e. The second kappa shape index (κ2) is 6.79. The molecule has 3 aromatic rings. The van der Waals surface area contributed by atoms with Gasteiger partial charge in [0.25, 0.3) is 5.91 Å². The summed E-state index contributed by atoms with van der Waals surface area (Å²) in [5, 5.41) is 6.40. The number of anilines is 2. The summed E-state index contributed by atoms with van der Waals surface area (Å²) >= 11 is 0. The molecule has 1 aromatic carbocycles. The van der Waals surface area contributed by atoms with Crippen molar-refractivity contribution in [2.45, 2.75) is 20.3 Å². The highest BCUT2D eigenvalue weighted by Crippen LogP contribution is 2.40. The van der Waals surface area contributed by atoms with E-state index in [1.54, 1.807) is 13.3 Å². The van der Waals surface area contributed by atoms with Crippen LogP contribution < -0.4 is 15.4 Å². The first-order chi connectivity index (χ1) is 13.1. The van der Waals surface area contributed by atoms with Crippen LogP contribution in [0.2, 0.25) is 0 Å². The number of rotatable bonds is 4. The van der Waals surface area contributed by atoms with Gasteiger partial charge in [0.1, 0.15) is 5.75 Å². The Bertz CT molecular complexity index is 1020. The quantitative estimate of drug-likeness (QED) is 0.661. The van der Waals surface area contributed by atoms with E-state index in [0.29, 0.717) is 12.1 Å². The normalized spacial score (nSPS) is 13.1. The molecule has 6 nitrogen and oxygen atoms in total. The van der Waals surface area contributed by atoms with Crippen molar-refractivity contribution in [1.29, 1.82) is 0 Å². The van der Waals surface area contributed by atoms with Crippen LogP contribution in [0.4, 0.5) is 11.4 Å². The van der Waals surface area contributed by atoms with Crippen LogP contribution in [0.1, 0.15) is 27.2 Å². The Morgan fingerprint density at radius 1 is 1.19 bits per heavy atom. The molecule has 0 unspecified atom stereocenters. The number of nitrogens with one attached hydrogen (secondary N) is 3. The molecule has 4 rings (SSSR count). The zero-order chi connectivity index (χ0) is 19.0.